The van der Waals surface area contributed by atoms with Crippen LogP contribution >= 0.6 is 0 Å². The van der Waals surface area contributed by atoms with Gasteiger partial charge in [0.15, 0.2) is 0 Å². The molecule has 2 aliphatic carbocycles. The topological polar surface area (TPSA) is 52.6 Å². The molecule has 0 aromatic rings. The van der Waals surface area contributed by atoms with Gasteiger partial charge in [0.1, 0.15) is 12.2 Å². The maximum Gasteiger partial charge on any atom is 0.306 e. The van der Waals surface area contributed by atoms with Crippen LogP contribution in [0.25, 0.3) is 0 Å². The number of rotatable bonds is 8. The van der Waals surface area contributed by atoms with Gasteiger partial charge in [0.05, 0.1) is 0 Å². The van der Waals surface area contributed by atoms with Gasteiger partial charge in [-0.05, 0) is 50.9 Å². The van der Waals surface area contributed by atoms with Gasteiger partial charge in [-0.3, -0.25) is 9.59 Å². The van der Waals surface area contributed by atoms with Crippen molar-refractivity contribution in [2.24, 2.45) is 11.8 Å². The molecule has 0 aliphatic heterocycles. The Bertz CT molecular complexity index is 381. The molecule has 4 nitrogen and oxygen atoms in total. The molecule has 23 heavy (non-hydrogen) atoms. The van der Waals surface area contributed by atoms with Gasteiger partial charge >= 0.3 is 11.9 Å². The second kappa shape index (κ2) is 9.29. The minimum atomic E-state index is -0.360. The van der Waals surface area contributed by atoms with E-state index in [2.05, 4.69) is 0 Å². The number of carbonyl (C=O) groups excluding carboxylic acids is 2. The first kappa shape index (κ1) is 18.3. The summed E-state index contributed by atoms with van der Waals surface area (Å²) in [5, 5.41) is 0. The zero-order valence-electron chi connectivity index (χ0n) is 14.7. The highest BCUT2D eigenvalue weighted by Crippen LogP contribution is 2.29. The van der Waals surface area contributed by atoms with Crippen LogP contribution in [-0.2, 0) is 19.1 Å². The zero-order chi connectivity index (χ0) is 16.7. The van der Waals surface area contributed by atoms with Gasteiger partial charge in [-0.1, -0.05) is 32.6 Å². The van der Waals surface area contributed by atoms with Crippen LogP contribution in [0.2, 0.25) is 0 Å². The van der Waals surface area contributed by atoms with E-state index in [1.54, 1.807) is 0 Å². The fourth-order valence-electron chi connectivity index (χ4n) is 3.96. The molecule has 2 atom stereocenters. The number of hydrogen-bond acceptors (Lipinski definition) is 4. The van der Waals surface area contributed by atoms with Crippen molar-refractivity contribution in [3.05, 3.63) is 0 Å². The van der Waals surface area contributed by atoms with Gasteiger partial charge in [-0.15, -0.1) is 0 Å². The van der Waals surface area contributed by atoms with E-state index < -0.39 is 0 Å². The Morgan fingerprint density at radius 2 is 1.30 bits per heavy atom. The van der Waals surface area contributed by atoms with E-state index in [4.69, 9.17) is 9.47 Å². The number of ether oxygens (including phenoxy) is 2. The number of hydrogen-bond donors (Lipinski definition) is 0. The van der Waals surface area contributed by atoms with Crippen molar-refractivity contribution < 1.29 is 19.1 Å². The van der Waals surface area contributed by atoms with E-state index >= 15 is 0 Å². The molecule has 0 N–H and O–H groups in total. The zero-order valence-corrected chi connectivity index (χ0v) is 14.7. The molecule has 2 fully saturated rings. The molecule has 0 aromatic carbocycles. The third-order valence-corrected chi connectivity index (χ3v) is 5.39. The standard InChI is InChI=1S/C19H32O4/c1-3-17(23-19(21)13-16-10-6-7-11-16)14(2)22-18(20)12-15-8-4-5-9-15/h14-17H,3-13H2,1-2H3. The molecule has 0 amide bonds. The van der Waals surface area contributed by atoms with Crippen molar-refractivity contribution in [3.8, 4) is 0 Å². The highest BCUT2D eigenvalue weighted by molar-refractivity contribution is 5.71. The number of esters is 2. The van der Waals surface area contributed by atoms with Crippen molar-refractivity contribution >= 4 is 11.9 Å². The molecule has 0 saturated heterocycles. The SMILES string of the molecule is CCC(OC(=O)CC1CCCC1)C(C)OC(=O)CC1CCCC1. The Kier molecular flexibility index (Phi) is 7.38. The summed E-state index contributed by atoms with van der Waals surface area (Å²) in [5.74, 6) is 0.692. The van der Waals surface area contributed by atoms with Gasteiger partial charge in [0.2, 0.25) is 0 Å². The molecule has 2 aliphatic rings. The van der Waals surface area contributed by atoms with Crippen molar-refractivity contribution in [2.45, 2.75) is 96.7 Å². The summed E-state index contributed by atoms with van der Waals surface area (Å²) in [6.07, 6.45) is 10.5. The number of carbonyl (C=O) groups is 2. The average molecular weight is 324 g/mol. The first-order valence-electron chi connectivity index (χ1n) is 9.47. The van der Waals surface area contributed by atoms with Gasteiger partial charge in [-0.25, -0.2) is 0 Å². The van der Waals surface area contributed by atoms with Crippen molar-refractivity contribution in [1.82, 2.24) is 0 Å². The second-order valence-electron chi connectivity index (χ2n) is 7.34. The van der Waals surface area contributed by atoms with E-state index in [9.17, 15) is 9.59 Å². The summed E-state index contributed by atoms with van der Waals surface area (Å²) in [6.45, 7) is 3.80. The summed E-state index contributed by atoms with van der Waals surface area (Å²) >= 11 is 0. The fraction of sp³-hybridized carbons (Fsp3) is 0.895. The van der Waals surface area contributed by atoms with Gasteiger partial charge in [0, 0.05) is 12.8 Å². The fourth-order valence-corrected chi connectivity index (χ4v) is 3.96. The van der Waals surface area contributed by atoms with Crippen molar-refractivity contribution in [3.63, 3.8) is 0 Å². The van der Waals surface area contributed by atoms with Gasteiger partial charge in [0.25, 0.3) is 0 Å². The highest BCUT2D eigenvalue weighted by atomic mass is 16.6. The van der Waals surface area contributed by atoms with E-state index in [-0.39, 0.29) is 24.1 Å². The molecule has 2 rings (SSSR count). The molecule has 0 heterocycles. The predicted octanol–water partition coefficient (Wildman–Crippen LogP) is 4.40. The molecule has 4 heteroatoms. The minimum absolute atomic E-state index is 0.137. The van der Waals surface area contributed by atoms with Crippen LogP contribution in [0, 0.1) is 11.8 Å². The third-order valence-electron chi connectivity index (χ3n) is 5.39. The van der Waals surface area contributed by atoms with Gasteiger partial charge in [-0.2, -0.15) is 0 Å². The highest BCUT2D eigenvalue weighted by Gasteiger charge is 2.27. The molecule has 2 saturated carbocycles. The van der Waals surface area contributed by atoms with Gasteiger partial charge < -0.3 is 9.47 Å². The first-order chi connectivity index (χ1) is 11.1. The van der Waals surface area contributed by atoms with Crippen LogP contribution in [-0.4, -0.2) is 24.1 Å². The lowest BCUT2D eigenvalue weighted by atomic mass is 10.0. The Labute approximate surface area is 140 Å². The monoisotopic (exact) mass is 324 g/mol. The molecule has 0 spiro atoms. The summed E-state index contributed by atoms with van der Waals surface area (Å²) in [6, 6.07) is 0. The predicted molar refractivity (Wildman–Crippen MR) is 88.9 cm³/mol. The molecule has 2 unspecified atom stereocenters. The lowest BCUT2D eigenvalue weighted by Crippen LogP contribution is -2.33. The molecule has 0 aromatic heterocycles. The minimum Gasteiger partial charge on any atom is -0.459 e. The summed E-state index contributed by atoms with van der Waals surface area (Å²) in [7, 11) is 0. The maximum absolute atomic E-state index is 12.1. The summed E-state index contributed by atoms with van der Waals surface area (Å²) in [5.41, 5.74) is 0. The second-order valence-corrected chi connectivity index (χ2v) is 7.34. The smallest absolute Gasteiger partial charge is 0.306 e. The van der Waals surface area contributed by atoms with E-state index in [1.165, 1.54) is 25.7 Å². The molecule has 0 bridgehead atoms. The molecule has 0 radical (unpaired) electrons. The van der Waals surface area contributed by atoms with Crippen LogP contribution in [0.1, 0.15) is 84.5 Å². The third kappa shape index (κ3) is 6.15. The van der Waals surface area contributed by atoms with Crippen LogP contribution in [0.5, 0.6) is 0 Å². The first-order valence-corrected chi connectivity index (χ1v) is 9.47. The maximum atomic E-state index is 12.1. The Morgan fingerprint density at radius 1 is 0.870 bits per heavy atom. The van der Waals surface area contributed by atoms with E-state index in [0.717, 1.165) is 25.7 Å². The summed E-state index contributed by atoms with van der Waals surface area (Å²) in [4.78, 5) is 24.1. The van der Waals surface area contributed by atoms with Crippen molar-refractivity contribution in [1.29, 1.82) is 0 Å². The summed E-state index contributed by atoms with van der Waals surface area (Å²) < 4.78 is 11.1. The van der Waals surface area contributed by atoms with Crippen LogP contribution in [0.3, 0.4) is 0 Å². The van der Waals surface area contributed by atoms with Crippen molar-refractivity contribution in [2.75, 3.05) is 0 Å². The van der Waals surface area contributed by atoms with E-state index in [1.807, 2.05) is 13.8 Å². The molecule has 132 valence electrons. The quantitative estimate of drug-likeness (QED) is 0.621. The van der Waals surface area contributed by atoms with Crippen LogP contribution in [0.15, 0.2) is 0 Å². The lowest BCUT2D eigenvalue weighted by Gasteiger charge is -2.24. The Hall–Kier alpha value is -1.06. The normalized spacial score (nSPS) is 22.0. The average Bonchev–Trinajstić information content (AvgIpc) is 3.18. The van der Waals surface area contributed by atoms with E-state index in [0.29, 0.717) is 31.1 Å². The Morgan fingerprint density at radius 3 is 1.74 bits per heavy atom. The lowest BCUT2D eigenvalue weighted by molar-refractivity contribution is -0.168. The van der Waals surface area contributed by atoms with Crippen LogP contribution < -0.4 is 0 Å². The van der Waals surface area contributed by atoms with Crippen LogP contribution in [0.4, 0.5) is 0 Å². The Balaban J connectivity index is 1.71. The largest absolute Gasteiger partial charge is 0.459 e. The molecular weight excluding hydrogens is 292 g/mol. The molecular formula is C19H32O4.